The highest BCUT2D eigenvalue weighted by molar-refractivity contribution is 6.04. The van der Waals surface area contributed by atoms with Crippen LogP contribution in [0.3, 0.4) is 0 Å². The van der Waals surface area contributed by atoms with Crippen LogP contribution >= 0.6 is 0 Å². The molecule has 0 aromatic heterocycles. The standard InChI is InChI=1S/C22H17F3N2O3/c23-17-7-2-5-15(11-17)21(29)27-18-8-1-4-14(10-18)13-26-20(28)16-6-3-9-19(12-16)30-22(24)25/h1-12,22H,13H2,(H,26,28)(H,27,29). The van der Waals surface area contributed by atoms with Gasteiger partial charge in [-0.15, -0.1) is 0 Å². The fourth-order valence-corrected chi connectivity index (χ4v) is 2.69. The number of carbonyl (C=O) groups is 2. The van der Waals surface area contributed by atoms with Crippen LogP contribution < -0.4 is 15.4 Å². The van der Waals surface area contributed by atoms with E-state index in [0.29, 0.717) is 11.3 Å². The normalized spacial score (nSPS) is 10.5. The highest BCUT2D eigenvalue weighted by Gasteiger charge is 2.10. The number of hydrogen-bond donors (Lipinski definition) is 2. The Morgan fingerprint density at radius 1 is 0.867 bits per heavy atom. The largest absolute Gasteiger partial charge is 0.435 e. The number of carbonyl (C=O) groups excluding carboxylic acids is 2. The zero-order valence-electron chi connectivity index (χ0n) is 15.6. The molecule has 3 aromatic rings. The first-order valence-corrected chi connectivity index (χ1v) is 8.89. The minimum absolute atomic E-state index is 0.111. The van der Waals surface area contributed by atoms with Crippen LogP contribution in [-0.2, 0) is 6.54 Å². The van der Waals surface area contributed by atoms with Gasteiger partial charge in [0.1, 0.15) is 11.6 Å². The van der Waals surface area contributed by atoms with E-state index >= 15 is 0 Å². The SMILES string of the molecule is O=C(NCc1cccc(NC(=O)c2cccc(F)c2)c1)c1cccc(OC(F)F)c1. The molecule has 0 heterocycles. The number of ether oxygens (including phenoxy) is 1. The molecule has 3 rings (SSSR count). The molecule has 0 saturated heterocycles. The Labute approximate surface area is 170 Å². The summed E-state index contributed by atoms with van der Waals surface area (Å²) in [5, 5.41) is 5.34. The topological polar surface area (TPSA) is 67.4 Å². The second-order valence-corrected chi connectivity index (χ2v) is 6.25. The highest BCUT2D eigenvalue weighted by Crippen LogP contribution is 2.17. The first-order chi connectivity index (χ1) is 14.4. The predicted octanol–water partition coefficient (Wildman–Crippen LogP) is 4.61. The lowest BCUT2D eigenvalue weighted by Crippen LogP contribution is -2.23. The van der Waals surface area contributed by atoms with Crippen LogP contribution in [0.25, 0.3) is 0 Å². The molecule has 0 aliphatic carbocycles. The Morgan fingerprint density at radius 3 is 2.30 bits per heavy atom. The van der Waals surface area contributed by atoms with Crippen molar-refractivity contribution < 1.29 is 27.5 Å². The summed E-state index contributed by atoms with van der Waals surface area (Å²) in [7, 11) is 0. The van der Waals surface area contributed by atoms with Crippen molar-refractivity contribution in [2.24, 2.45) is 0 Å². The van der Waals surface area contributed by atoms with Crippen LogP contribution in [0.15, 0.2) is 72.8 Å². The highest BCUT2D eigenvalue weighted by atomic mass is 19.3. The summed E-state index contributed by atoms with van der Waals surface area (Å²) >= 11 is 0. The van der Waals surface area contributed by atoms with Gasteiger partial charge in [-0.25, -0.2) is 4.39 Å². The van der Waals surface area contributed by atoms with Crippen LogP contribution in [-0.4, -0.2) is 18.4 Å². The Bertz CT molecular complexity index is 1060. The lowest BCUT2D eigenvalue weighted by molar-refractivity contribution is -0.0498. The van der Waals surface area contributed by atoms with E-state index in [1.54, 1.807) is 24.3 Å². The van der Waals surface area contributed by atoms with E-state index in [1.165, 1.54) is 42.5 Å². The van der Waals surface area contributed by atoms with E-state index in [1.807, 2.05) is 0 Å². The molecule has 0 radical (unpaired) electrons. The summed E-state index contributed by atoms with van der Waals surface area (Å²) in [5.74, 6) is -1.56. The maximum Gasteiger partial charge on any atom is 0.387 e. The van der Waals surface area contributed by atoms with E-state index in [0.717, 1.165) is 6.07 Å². The molecular formula is C22H17F3N2O3. The summed E-state index contributed by atoms with van der Waals surface area (Å²) in [6.45, 7) is -2.84. The molecule has 0 aliphatic heterocycles. The maximum atomic E-state index is 13.3. The van der Waals surface area contributed by atoms with Gasteiger partial charge < -0.3 is 15.4 Å². The Kier molecular flexibility index (Phi) is 6.69. The van der Waals surface area contributed by atoms with Crippen LogP contribution in [0, 0.1) is 5.82 Å². The Balaban J connectivity index is 1.61. The molecule has 8 heteroatoms. The quantitative estimate of drug-likeness (QED) is 0.593. The fourth-order valence-electron chi connectivity index (χ4n) is 2.69. The van der Waals surface area contributed by atoms with Gasteiger partial charge in [0, 0.05) is 23.4 Å². The van der Waals surface area contributed by atoms with Gasteiger partial charge in [-0.2, -0.15) is 8.78 Å². The number of nitrogens with one attached hydrogen (secondary N) is 2. The van der Waals surface area contributed by atoms with Gasteiger partial charge in [0.15, 0.2) is 0 Å². The second kappa shape index (κ2) is 9.60. The molecule has 154 valence electrons. The average molecular weight is 414 g/mol. The summed E-state index contributed by atoms with van der Waals surface area (Å²) < 4.78 is 42.2. The van der Waals surface area contributed by atoms with Crippen molar-refractivity contribution in [2.75, 3.05) is 5.32 Å². The first kappa shape index (κ1) is 20.9. The summed E-state index contributed by atoms with van der Waals surface area (Å²) in [4.78, 5) is 24.5. The van der Waals surface area contributed by atoms with Crippen molar-refractivity contribution in [3.05, 3.63) is 95.3 Å². The number of halogens is 3. The van der Waals surface area contributed by atoms with E-state index < -0.39 is 24.2 Å². The molecule has 0 unspecified atom stereocenters. The third-order valence-corrected chi connectivity index (χ3v) is 4.05. The number of anilines is 1. The van der Waals surface area contributed by atoms with Crippen LogP contribution in [0.1, 0.15) is 26.3 Å². The number of hydrogen-bond acceptors (Lipinski definition) is 3. The average Bonchev–Trinajstić information content (AvgIpc) is 2.72. The van der Waals surface area contributed by atoms with Crippen molar-refractivity contribution in [3.8, 4) is 5.75 Å². The van der Waals surface area contributed by atoms with Gasteiger partial charge in [-0.1, -0.05) is 24.3 Å². The minimum Gasteiger partial charge on any atom is -0.435 e. The third kappa shape index (κ3) is 5.84. The van der Waals surface area contributed by atoms with E-state index in [4.69, 9.17) is 0 Å². The monoisotopic (exact) mass is 414 g/mol. The van der Waals surface area contributed by atoms with Gasteiger partial charge in [0.05, 0.1) is 0 Å². The predicted molar refractivity (Wildman–Crippen MR) is 105 cm³/mol. The van der Waals surface area contributed by atoms with Gasteiger partial charge in [0.2, 0.25) is 0 Å². The second-order valence-electron chi connectivity index (χ2n) is 6.25. The molecule has 0 saturated carbocycles. The Hall–Kier alpha value is -3.81. The zero-order valence-corrected chi connectivity index (χ0v) is 15.6. The number of benzene rings is 3. The molecule has 0 atom stereocenters. The molecule has 30 heavy (non-hydrogen) atoms. The summed E-state index contributed by atoms with van der Waals surface area (Å²) in [6.07, 6.45) is 0. The van der Waals surface area contributed by atoms with Gasteiger partial charge >= 0.3 is 6.61 Å². The lowest BCUT2D eigenvalue weighted by Gasteiger charge is -2.10. The zero-order chi connectivity index (χ0) is 21.5. The number of rotatable bonds is 7. The molecule has 3 aromatic carbocycles. The molecule has 0 bridgehead atoms. The molecule has 0 aliphatic rings. The molecule has 0 spiro atoms. The maximum absolute atomic E-state index is 13.3. The molecule has 0 fully saturated rings. The van der Waals surface area contributed by atoms with Crippen LogP contribution in [0.5, 0.6) is 5.75 Å². The van der Waals surface area contributed by atoms with Crippen molar-refractivity contribution in [3.63, 3.8) is 0 Å². The molecule has 2 amide bonds. The fraction of sp³-hybridized carbons (Fsp3) is 0.0909. The number of amides is 2. The van der Waals surface area contributed by atoms with E-state index in [-0.39, 0.29) is 23.4 Å². The summed E-state index contributed by atoms with van der Waals surface area (Å²) in [6, 6.07) is 17.5. The van der Waals surface area contributed by atoms with E-state index in [9.17, 15) is 22.8 Å². The number of alkyl halides is 2. The van der Waals surface area contributed by atoms with Gasteiger partial charge in [0.25, 0.3) is 11.8 Å². The molecular weight excluding hydrogens is 397 g/mol. The van der Waals surface area contributed by atoms with Crippen LogP contribution in [0.2, 0.25) is 0 Å². The van der Waals surface area contributed by atoms with Gasteiger partial charge in [-0.3, -0.25) is 9.59 Å². The molecule has 5 nitrogen and oxygen atoms in total. The van der Waals surface area contributed by atoms with Gasteiger partial charge in [-0.05, 0) is 54.1 Å². The lowest BCUT2D eigenvalue weighted by atomic mass is 10.1. The molecule has 2 N–H and O–H groups in total. The van der Waals surface area contributed by atoms with Crippen molar-refractivity contribution in [2.45, 2.75) is 13.2 Å². The summed E-state index contributed by atoms with van der Waals surface area (Å²) in [5.41, 5.74) is 1.52. The van der Waals surface area contributed by atoms with Crippen LogP contribution in [0.4, 0.5) is 18.9 Å². The van der Waals surface area contributed by atoms with Crippen molar-refractivity contribution in [1.82, 2.24) is 5.32 Å². The minimum atomic E-state index is -2.98. The van der Waals surface area contributed by atoms with Crippen molar-refractivity contribution in [1.29, 1.82) is 0 Å². The van der Waals surface area contributed by atoms with Crippen molar-refractivity contribution >= 4 is 17.5 Å². The Morgan fingerprint density at radius 2 is 1.57 bits per heavy atom. The smallest absolute Gasteiger partial charge is 0.387 e. The first-order valence-electron chi connectivity index (χ1n) is 8.89. The van der Waals surface area contributed by atoms with E-state index in [2.05, 4.69) is 15.4 Å². The third-order valence-electron chi connectivity index (χ3n) is 4.05.